The highest BCUT2D eigenvalue weighted by molar-refractivity contribution is 6.04. The molecule has 1 saturated heterocycles. The van der Waals surface area contributed by atoms with Crippen LogP contribution in [0.5, 0.6) is 0 Å². The van der Waals surface area contributed by atoms with Crippen molar-refractivity contribution in [2.24, 2.45) is 11.8 Å². The first-order valence-corrected chi connectivity index (χ1v) is 10.9. The Labute approximate surface area is 183 Å². The number of aryl methyl sites for hydroxylation is 1. The highest BCUT2D eigenvalue weighted by Gasteiger charge is 2.27. The maximum Gasteiger partial charge on any atom is 0.253 e. The van der Waals surface area contributed by atoms with Gasteiger partial charge >= 0.3 is 0 Å². The van der Waals surface area contributed by atoms with Gasteiger partial charge in [-0.1, -0.05) is 66.3 Å². The van der Waals surface area contributed by atoms with E-state index in [1.807, 2.05) is 43.3 Å². The second-order valence-electron chi connectivity index (χ2n) is 8.38. The molecule has 5 heteroatoms. The Hall–Kier alpha value is -3.18. The van der Waals surface area contributed by atoms with Crippen molar-refractivity contribution in [2.75, 3.05) is 25.0 Å². The van der Waals surface area contributed by atoms with Gasteiger partial charge in [0, 0.05) is 13.1 Å². The molecule has 1 aliphatic heterocycles. The molecule has 4 rings (SSSR count). The molecule has 1 fully saturated rings. The first kappa shape index (κ1) is 21.1. The summed E-state index contributed by atoms with van der Waals surface area (Å²) in [6, 6.07) is 15.2. The fourth-order valence-corrected chi connectivity index (χ4v) is 4.24. The maximum absolute atomic E-state index is 12.7. The quantitative estimate of drug-likeness (QED) is 0.752. The average molecular weight is 416 g/mol. The third-order valence-electron chi connectivity index (χ3n) is 6.01. The summed E-state index contributed by atoms with van der Waals surface area (Å²) in [6.45, 7) is 4.61. The minimum Gasteiger partial charge on any atom is -0.348 e. The van der Waals surface area contributed by atoms with Crippen molar-refractivity contribution >= 4 is 17.5 Å². The second kappa shape index (κ2) is 9.75. The Morgan fingerprint density at radius 3 is 2.55 bits per heavy atom. The lowest BCUT2D eigenvalue weighted by Gasteiger charge is -2.36. The van der Waals surface area contributed by atoms with Gasteiger partial charge in [0.05, 0.1) is 17.8 Å². The minimum atomic E-state index is -0.198. The SMILES string of the molecule is Cc1ccc(CNC(=O)c2ccccc2NC(=O)CN2CCC3C=CC=CC3C2)cc1. The number of anilines is 1. The molecule has 0 bridgehead atoms. The topological polar surface area (TPSA) is 61.4 Å². The van der Waals surface area contributed by atoms with Crippen LogP contribution in [-0.2, 0) is 11.3 Å². The number of amides is 2. The van der Waals surface area contributed by atoms with Crippen molar-refractivity contribution in [1.29, 1.82) is 0 Å². The van der Waals surface area contributed by atoms with Crippen molar-refractivity contribution < 1.29 is 9.59 Å². The Bertz CT molecular complexity index is 994. The van der Waals surface area contributed by atoms with E-state index in [2.05, 4.69) is 39.8 Å². The molecule has 160 valence electrons. The van der Waals surface area contributed by atoms with Crippen molar-refractivity contribution in [1.82, 2.24) is 10.2 Å². The van der Waals surface area contributed by atoms with Crippen LogP contribution in [0, 0.1) is 18.8 Å². The molecule has 5 nitrogen and oxygen atoms in total. The van der Waals surface area contributed by atoms with Gasteiger partial charge in [-0.25, -0.2) is 0 Å². The zero-order chi connectivity index (χ0) is 21.6. The van der Waals surface area contributed by atoms with E-state index >= 15 is 0 Å². The molecule has 2 unspecified atom stereocenters. The molecule has 2 atom stereocenters. The molecule has 2 amide bonds. The van der Waals surface area contributed by atoms with Gasteiger partial charge in [-0.05, 0) is 49.4 Å². The second-order valence-corrected chi connectivity index (χ2v) is 8.38. The Morgan fingerprint density at radius 2 is 1.74 bits per heavy atom. The number of benzene rings is 2. The zero-order valence-corrected chi connectivity index (χ0v) is 17.9. The van der Waals surface area contributed by atoms with Gasteiger partial charge in [-0.15, -0.1) is 0 Å². The molecule has 0 radical (unpaired) electrons. The molecule has 0 spiro atoms. The third-order valence-corrected chi connectivity index (χ3v) is 6.01. The number of nitrogens with one attached hydrogen (secondary N) is 2. The molecular weight excluding hydrogens is 386 g/mol. The van der Waals surface area contributed by atoms with Gasteiger partial charge in [-0.3, -0.25) is 14.5 Å². The van der Waals surface area contributed by atoms with Gasteiger partial charge in [0.15, 0.2) is 0 Å². The van der Waals surface area contributed by atoms with E-state index in [4.69, 9.17) is 0 Å². The number of likely N-dealkylation sites (tertiary alicyclic amines) is 1. The number of para-hydroxylation sites is 1. The Morgan fingerprint density at radius 1 is 1.00 bits per heavy atom. The summed E-state index contributed by atoms with van der Waals surface area (Å²) in [6.07, 6.45) is 9.79. The van der Waals surface area contributed by atoms with Gasteiger partial charge in [-0.2, -0.15) is 0 Å². The van der Waals surface area contributed by atoms with Crippen LogP contribution in [0.4, 0.5) is 5.69 Å². The molecule has 2 aromatic rings. The number of carbonyl (C=O) groups excluding carboxylic acids is 2. The number of allylic oxidation sites excluding steroid dienone is 3. The van der Waals surface area contributed by atoms with E-state index in [1.54, 1.807) is 12.1 Å². The molecule has 0 aromatic heterocycles. The van der Waals surface area contributed by atoms with E-state index in [9.17, 15) is 9.59 Å². The highest BCUT2D eigenvalue weighted by atomic mass is 16.2. The van der Waals surface area contributed by atoms with E-state index in [-0.39, 0.29) is 11.8 Å². The predicted octanol–water partition coefficient (Wildman–Crippen LogP) is 3.93. The van der Waals surface area contributed by atoms with Crippen LogP contribution in [-0.4, -0.2) is 36.3 Å². The monoisotopic (exact) mass is 415 g/mol. The number of hydrogen-bond donors (Lipinski definition) is 2. The van der Waals surface area contributed by atoms with Crippen LogP contribution in [0.15, 0.2) is 72.8 Å². The predicted molar refractivity (Wildman–Crippen MR) is 124 cm³/mol. The van der Waals surface area contributed by atoms with Crippen molar-refractivity contribution in [3.8, 4) is 0 Å². The van der Waals surface area contributed by atoms with Gasteiger partial charge in [0.2, 0.25) is 5.91 Å². The standard InChI is InChI=1S/C26H29N3O2/c1-19-10-12-20(13-11-19)16-27-26(31)23-8-4-5-9-24(23)28-25(30)18-29-15-14-21-6-2-3-7-22(21)17-29/h2-13,21-22H,14-18H2,1H3,(H,27,31)(H,28,30). The smallest absolute Gasteiger partial charge is 0.253 e. The van der Waals surface area contributed by atoms with E-state index in [0.717, 1.165) is 25.1 Å². The minimum absolute atomic E-state index is 0.0902. The zero-order valence-electron chi connectivity index (χ0n) is 17.9. The number of nitrogens with zero attached hydrogens (tertiary/aromatic N) is 1. The maximum atomic E-state index is 12.7. The van der Waals surface area contributed by atoms with Crippen LogP contribution in [0.25, 0.3) is 0 Å². The van der Waals surface area contributed by atoms with Crippen LogP contribution in [0.2, 0.25) is 0 Å². The summed E-state index contributed by atoms with van der Waals surface area (Å²) < 4.78 is 0. The van der Waals surface area contributed by atoms with Gasteiger partial charge < -0.3 is 10.6 Å². The number of hydrogen-bond acceptors (Lipinski definition) is 3. The lowest BCUT2D eigenvalue weighted by atomic mass is 9.83. The van der Waals surface area contributed by atoms with Crippen LogP contribution in [0.3, 0.4) is 0 Å². The van der Waals surface area contributed by atoms with E-state index < -0.39 is 0 Å². The molecule has 2 aliphatic rings. The number of fused-ring (bicyclic) bond motifs is 1. The summed E-state index contributed by atoms with van der Waals surface area (Å²) in [5, 5.41) is 5.89. The summed E-state index contributed by atoms with van der Waals surface area (Å²) in [5.74, 6) is 0.776. The Kier molecular flexibility index (Phi) is 6.63. The number of carbonyl (C=O) groups is 2. The van der Waals surface area contributed by atoms with Crippen molar-refractivity contribution in [3.63, 3.8) is 0 Å². The first-order chi connectivity index (χ1) is 15.1. The first-order valence-electron chi connectivity index (χ1n) is 10.9. The van der Waals surface area contributed by atoms with Crippen molar-refractivity contribution in [3.05, 3.63) is 89.5 Å². The van der Waals surface area contributed by atoms with Gasteiger partial charge in [0.25, 0.3) is 5.91 Å². The van der Waals surface area contributed by atoms with Gasteiger partial charge in [0.1, 0.15) is 0 Å². The summed E-state index contributed by atoms with van der Waals surface area (Å²) in [5.41, 5.74) is 3.24. The third kappa shape index (κ3) is 5.50. The summed E-state index contributed by atoms with van der Waals surface area (Å²) in [7, 11) is 0. The summed E-state index contributed by atoms with van der Waals surface area (Å²) in [4.78, 5) is 27.7. The molecule has 1 heterocycles. The lowest BCUT2D eigenvalue weighted by Crippen LogP contribution is -2.43. The van der Waals surface area contributed by atoms with Crippen LogP contribution < -0.4 is 10.6 Å². The molecule has 31 heavy (non-hydrogen) atoms. The molecule has 1 aliphatic carbocycles. The van der Waals surface area contributed by atoms with E-state index in [0.29, 0.717) is 36.2 Å². The number of rotatable bonds is 6. The number of piperidine rings is 1. The largest absolute Gasteiger partial charge is 0.348 e. The molecule has 0 saturated carbocycles. The normalized spacial score (nSPS) is 20.2. The fourth-order valence-electron chi connectivity index (χ4n) is 4.24. The molecule has 2 aromatic carbocycles. The Balaban J connectivity index is 1.34. The highest BCUT2D eigenvalue weighted by Crippen LogP contribution is 2.28. The average Bonchev–Trinajstić information content (AvgIpc) is 2.79. The molecular formula is C26H29N3O2. The van der Waals surface area contributed by atoms with E-state index in [1.165, 1.54) is 5.56 Å². The van der Waals surface area contributed by atoms with Crippen LogP contribution in [0.1, 0.15) is 27.9 Å². The molecule has 2 N–H and O–H groups in total. The summed E-state index contributed by atoms with van der Waals surface area (Å²) >= 11 is 0. The van der Waals surface area contributed by atoms with Crippen molar-refractivity contribution in [2.45, 2.75) is 19.9 Å². The lowest BCUT2D eigenvalue weighted by molar-refractivity contribution is -0.117. The van der Waals surface area contributed by atoms with Crippen LogP contribution >= 0.6 is 0 Å². The fraction of sp³-hybridized carbons (Fsp3) is 0.308.